The molecule has 11 heavy (non-hydrogen) atoms. The van der Waals surface area contributed by atoms with Crippen LogP contribution in [0.15, 0.2) is 0 Å². The zero-order chi connectivity index (χ0) is 7.73. The van der Waals surface area contributed by atoms with E-state index < -0.39 is 0 Å². The van der Waals surface area contributed by atoms with E-state index in [1.54, 1.807) is 0 Å². The van der Waals surface area contributed by atoms with Crippen molar-refractivity contribution in [3.8, 4) is 0 Å². The molecular formula is C9H17NO. The molecule has 1 heterocycles. The van der Waals surface area contributed by atoms with E-state index in [1.165, 1.54) is 38.8 Å². The highest BCUT2D eigenvalue weighted by Gasteiger charge is 2.49. The highest BCUT2D eigenvalue weighted by molar-refractivity contribution is 5.02. The van der Waals surface area contributed by atoms with Crippen molar-refractivity contribution < 1.29 is 4.74 Å². The average Bonchev–Trinajstić information content (AvgIpc) is 2.86. The Morgan fingerprint density at radius 2 is 2.27 bits per heavy atom. The van der Waals surface area contributed by atoms with Gasteiger partial charge in [0.1, 0.15) is 0 Å². The standard InChI is InChI=1S/C9H17NO/c1-11-9(4-5-9)8-3-2-6-10-7-8/h8,10H,2-7H2,1H3. The van der Waals surface area contributed by atoms with Gasteiger partial charge in [-0.15, -0.1) is 0 Å². The molecule has 1 saturated carbocycles. The monoisotopic (exact) mass is 155 g/mol. The first kappa shape index (κ1) is 7.56. The minimum absolute atomic E-state index is 0.299. The molecule has 0 bridgehead atoms. The Morgan fingerprint density at radius 1 is 1.45 bits per heavy atom. The van der Waals surface area contributed by atoms with Gasteiger partial charge in [0.05, 0.1) is 5.60 Å². The molecule has 1 aliphatic carbocycles. The fourth-order valence-corrected chi connectivity index (χ4v) is 2.20. The summed E-state index contributed by atoms with van der Waals surface area (Å²) in [6.07, 6.45) is 5.27. The first-order valence-electron chi connectivity index (χ1n) is 4.63. The molecular weight excluding hydrogens is 138 g/mol. The maximum absolute atomic E-state index is 5.55. The summed E-state index contributed by atoms with van der Waals surface area (Å²) in [4.78, 5) is 0. The van der Waals surface area contributed by atoms with Gasteiger partial charge in [0.25, 0.3) is 0 Å². The second-order valence-corrected chi connectivity index (χ2v) is 3.81. The number of methoxy groups -OCH3 is 1. The molecule has 0 aromatic carbocycles. The van der Waals surface area contributed by atoms with E-state index in [9.17, 15) is 0 Å². The van der Waals surface area contributed by atoms with E-state index in [1.807, 2.05) is 7.11 Å². The zero-order valence-electron chi connectivity index (χ0n) is 7.23. The van der Waals surface area contributed by atoms with Crippen LogP contribution in [0.25, 0.3) is 0 Å². The van der Waals surface area contributed by atoms with Crippen molar-refractivity contribution in [2.45, 2.75) is 31.3 Å². The van der Waals surface area contributed by atoms with Crippen LogP contribution in [0.1, 0.15) is 25.7 Å². The molecule has 1 atom stereocenters. The van der Waals surface area contributed by atoms with E-state index in [4.69, 9.17) is 4.74 Å². The fourth-order valence-electron chi connectivity index (χ4n) is 2.20. The van der Waals surface area contributed by atoms with Crippen molar-refractivity contribution in [3.05, 3.63) is 0 Å². The lowest BCUT2D eigenvalue weighted by Crippen LogP contribution is -2.38. The van der Waals surface area contributed by atoms with Crippen molar-refractivity contribution in [2.75, 3.05) is 20.2 Å². The van der Waals surface area contributed by atoms with Crippen LogP contribution in [0.2, 0.25) is 0 Å². The first-order chi connectivity index (χ1) is 5.37. The van der Waals surface area contributed by atoms with Crippen LogP contribution in [0.5, 0.6) is 0 Å². The van der Waals surface area contributed by atoms with Crippen LogP contribution in [-0.2, 0) is 4.74 Å². The summed E-state index contributed by atoms with van der Waals surface area (Å²) in [5, 5.41) is 3.44. The maximum Gasteiger partial charge on any atom is 0.0721 e. The third kappa shape index (κ3) is 1.30. The van der Waals surface area contributed by atoms with Gasteiger partial charge in [0.2, 0.25) is 0 Å². The van der Waals surface area contributed by atoms with Crippen molar-refractivity contribution in [3.63, 3.8) is 0 Å². The lowest BCUT2D eigenvalue weighted by molar-refractivity contribution is 0.0190. The van der Waals surface area contributed by atoms with Gasteiger partial charge in [-0.1, -0.05) is 0 Å². The van der Waals surface area contributed by atoms with Gasteiger partial charge in [-0.2, -0.15) is 0 Å². The molecule has 2 fully saturated rings. The molecule has 1 N–H and O–H groups in total. The van der Waals surface area contributed by atoms with E-state index in [0.29, 0.717) is 5.60 Å². The molecule has 2 aliphatic rings. The minimum atomic E-state index is 0.299. The van der Waals surface area contributed by atoms with Crippen LogP contribution in [-0.4, -0.2) is 25.8 Å². The van der Waals surface area contributed by atoms with Crippen LogP contribution >= 0.6 is 0 Å². The number of hydrogen-bond acceptors (Lipinski definition) is 2. The lowest BCUT2D eigenvalue weighted by Gasteiger charge is -2.29. The molecule has 0 aromatic heterocycles. The Kier molecular flexibility index (Phi) is 1.90. The van der Waals surface area contributed by atoms with Gasteiger partial charge in [-0.3, -0.25) is 0 Å². The van der Waals surface area contributed by atoms with Crippen molar-refractivity contribution >= 4 is 0 Å². The normalized spacial score (nSPS) is 35.2. The topological polar surface area (TPSA) is 21.3 Å². The van der Waals surface area contributed by atoms with Gasteiger partial charge >= 0.3 is 0 Å². The van der Waals surface area contributed by atoms with Crippen molar-refractivity contribution in [1.29, 1.82) is 0 Å². The molecule has 1 aliphatic heterocycles. The molecule has 64 valence electrons. The third-order valence-corrected chi connectivity index (χ3v) is 3.19. The SMILES string of the molecule is COC1(C2CCCNC2)CC1. The summed E-state index contributed by atoms with van der Waals surface area (Å²) >= 11 is 0. The summed E-state index contributed by atoms with van der Waals surface area (Å²) in [5.74, 6) is 0.793. The first-order valence-corrected chi connectivity index (χ1v) is 4.63. The highest BCUT2D eigenvalue weighted by Crippen LogP contribution is 2.47. The highest BCUT2D eigenvalue weighted by atomic mass is 16.5. The van der Waals surface area contributed by atoms with Crippen LogP contribution in [0.4, 0.5) is 0 Å². The minimum Gasteiger partial charge on any atom is -0.378 e. The van der Waals surface area contributed by atoms with Gasteiger partial charge in [-0.05, 0) is 32.2 Å². The second-order valence-electron chi connectivity index (χ2n) is 3.81. The fraction of sp³-hybridized carbons (Fsp3) is 1.00. The largest absolute Gasteiger partial charge is 0.378 e. The predicted molar refractivity (Wildman–Crippen MR) is 44.6 cm³/mol. The summed E-state index contributed by atoms with van der Waals surface area (Å²) in [5.41, 5.74) is 0.299. The summed E-state index contributed by atoms with van der Waals surface area (Å²) in [6, 6.07) is 0. The second kappa shape index (κ2) is 2.76. The number of hydrogen-bond donors (Lipinski definition) is 1. The Bertz CT molecular complexity index is 136. The van der Waals surface area contributed by atoms with E-state index in [2.05, 4.69) is 5.32 Å². The Hall–Kier alpha value is -0.0800. The lowest BCUT2D eigenvalue weighted by atomic mass is 9.92. The predicted octanol–water partition coefficient (Wildman–Crippen LogP) is 1.16. The average molecular weight is 155 g/mol. The molecule has 1 saturated heterocycles. The summed E-state index contributed by atoms with van der Waals surface area (Å²) in [6.45, 7) is 2.38. The molecule has 0 radical (unpaired) electrons. The van der Waals surface area contributed by atoms with Crippen molar-refractivity contribution in [2.24, 2.45) is 5.92 Å². The van der Waals surface area contributed by atoms with E-state index in [-0.39, 0.29) is 0 Å². The maximum atomic E-state index is 5.55. The summed E-state index contributed by atoms with van der Waals surface area (Å²) < 4.78 is 5.55. The number of ether oxygens (including phenoxy) is 1. The number of piperidine rings is 1. The Balaban J connectivity index is 1.92. The van der Waals surface area contributed by atoms with Gasteiger partial charge in [0.15, 0.2) is 0 Å². The van der Waals surface area contributed by atoms with E-state index >= 15 is 0 Å². The zero-order valence-corrected chi connectivity index (χ0v) is 7.23. The van der Waals surface area contributed by atoms with E-state index in [0.717, 1.165) is 5.92 Å². The van der Waals surface area contributed by atoms with Gasteiger partial charge in [-0.25, -0.2) is 0 Å². The molecule has 0 aromatic rings. The molecule has 2 heteroatoms. The molecule has 0 spiro atoms. The van der Waals surface area contributed by atoms with Crippen LogP contribution < -0.4 is 5.32 Å². The molecule has 1 unspecified atom stereocenters. The van der Waals surface area contributed by atoms with Crippen LogP contribution in [0.3, 0.4) is 0 Å². The third-order valence-electron chi connectivity index (χ3n) is 3.19. The smallest absolute Gasteiger partial charge is 0.0721 e. The molecule has 2 rings (SSSR count). The van der Waals surface area contributed by atoms with Crippen LogP contribution in [0, 0.1) is 5.92 Å². The van der Waals surface area contributed by atoms with Gasteiger partial charge < -0.3 is 10.1 Å². The number of rotatable bonds is 2. The number of nitrogens with one attached hydrogen (secondary N) is 1. The van der Waals surface area contributed by atoms with Gasteiger partial charge in [0, 0.05) is 19.6 Å². The Morgan fingerprint density at radius 3 is 2.73 bits per heavy atom. The summed E-state index contributed by atoms with van der Waals surface area (Å²) in [7, 11) is 1.86. The molecule has 2 nitrogen and oxygen atoms in total. The van der Waals surface area contributed by atoms with Crippen molar-refractivity contribution in [1.82, 2.24) is 5.32 Å². The Labute approximate surface area is 68.3 Å². The molecule has 0 amide bonds. The quantitative estimate of drug-likeness (QED) is 0.646.